The van der Waals surface area contributed by atoms with Gasteiger partial charge in [0.2, 0.25) is 0 Å². The normalized spacial score (nSPS) is 10.4. The van der Waals surface area contributed by atoms with Crippen LogP contribution in [0.15, 0.2) is 0 Å². The Morgan fingerprint density at radius 1 is 1.00 bits per heavy atom. The first-order valence-corrected chi connectivity index (χ1v) is 4.43. The number of hydrogen-bond acceptors (Lipinski definition) is 3. The van der Waals surface area contributed by atoms with Crippen molar-refractivity contribution in [3.63, 3.8) is 0 Å². The molecule has 0 amide bonds. The van der Waals surface area contributed by atoms with Crippen LogP contribution in [0.2, 0.25) is 0 Å². The fraction of sp³-hybridized carbons (Fsp3) is 1.00. The number of rotatable bonds is 8. The van der Waals surface area contributed by atoms with E-state index in [1.54, 1.807) is 0 Å². The SMILES string of the molecule is NCCCCCNCCCO. The molecule has 0 aromatic carbocycles. The van der Waals surface area contributed by atoms with E-state index in [0.29, 0.717) is 0 Å². The molecule has 0 spiro atoms. The van der Waals surface area contributed by atoms with E-state index in [2.05, 4.69) is 5.32 Å². The van der Waals surface area contributed by atoms with Crippen LogP contribution in [0.25, 0.3) is 0 Å². The third-order valence-electron chi connectivity index (χ3n) is 1.57. The molecule has 3 nitrogen and oxygen atoms in total. The van der Waals surface area contributed by atoms with Crippen LogP contribution in [-0.4, -0.2) is 31.3 Å². The number of nitrogens with two attached hydrogens (primary N) is 1. The van der Waals surface area contributed by atoms with Gasteiger partial charge in [-0.05, 0) is 38.9 Å². The molecule has 0 aliphatic carbocycles. The Hall–Kier alpha value is -0.120. The fourth-order valence-corrected chi connectivity index (χ4v) is 0.900. The van der Waals surface area contributed by atoms with Crippen LogP contribution in [0.4, 0.5) is 0 Å². The van der Waals surface area contributed by atoms with Crippen LogP contribution in [0.3, 0.4) is 0 Å². The lowest BCUT2D eigenvalue weighted by atomic mass is 10.2. The van der Waals surface area contributed by atoms with E-state index in [9.17, 15) is 0 Å². The summed E-state index contributed by atoms with van der Waals surface area (Å²) in [7, 11) is 0. The highest BCUT2D eigenvalue weighted by molar-refractivity contribution is 4.48. The summed E-state index contributed by atoms with van der Waals surface area (Å²) in [4.78, 5) is 0. The summed E-state index contributed by atoms with van der Waals surface area (Å²) >= 11 is 0. The highest BCUT2D eigenvalue weighted by Crippen LogP contribution is 1.90. The third kappa shape index (κ3) is 9.88. The molecule has 0 saturated heterocycles. The van der Waals surface area contributed by atoms with Gasteiger partial charge >= 0.3 is 0 Å². The van der Waals surface area contributed by atoms with Gasteiger partial charge in [-0.2, -0.15) is 0 Å². The molecular formula is C8H20N2O. The molecule has 0 rings (SSSR count). The topological polar surface area (TPSA) is 58.3 Å². The van der Waals surface area contributed by atoms with Gasteiger partial charge in [0.05, 0.1) is 0 Å². The average Bonchev–Trinajstić information content (AvgIpc) is 2.03. The minimum absolute atomic E-state index is 0.288. The summed E-state index contributed by atoms with van der Waals surface area (Å²) in [5.74, 6) is 0. The second-order valence-electron chi connectivity index (χ2n) is 2.68. The highest BCUT2D eigenvalue weighted by atomic mass is 16.3. The number of nitrogens with one attached hydrogen (secondary N) is 1. The van der Waals surface area contributed by atoms with Crippen molar-refractivity contribution >= 4 is 0 Å². The standard InChI is InChI=1S/C8H20N2O/c9-5-2-1-3-6-10-7-4-8-11/h10-11H,1-9H2. The van der Waals surface area contributed by atoms with Gasteiger partial charge in [-0.25, -0.2) is 0 Å². The zero-order valence-electron chi connectivity index (χ0n) is 7.18. The van der Waals surface area contributed by atoms with E-state index >= 15 is 0 Å². The van der Waals surface area contributed by atoms with Gasteiger partial charge in [0.15, 0.2) is 0 Å². The molecule has 0 radical (unpaired) electrons. The van der Waals surface area contributed by atoms with Crippen molar-refractivity contribution in [3.05, 3.63) is 0 Å². The lowest BCUT2D eigenvalue weighted by Crippen LogP contribution is -2.17. The van der Waals surface area contributed by atoms with Crippen molar-refractivity contribution in [3.8, 4) is 0 Å². The van der Waals surface area contributed by atoms with Gasteiger partial charge in [-0.1, -0.05) is 6.42 Å². The van der Waals surface area contributed by atoms with Crippen molar-refractivity contribution in [1.29, 1.82) is 0 Å². The van der Waals surface area contributed by atoms with E-state index in [1.165, 1.54) is 12.8 Å². The van der Waals surface area contributed by atoms with Crippen LogP contribution >= 0.6 is 0 Å². The third-order valence-corrected chi connectivity index (χ3v) is 1.57. The van der Waals surface area contributed by atoms with Crippen molar-refractivity contribution in [2.24, 2.45) is 5.73 Å². The largest absolute Gasteiger partial charge is 0.396 e. The smallest absolute Gasteiger partial charge is 0.0443 e. The molecule has 0 aromatic rings. The Bertz CT molecular complexity index is 61.1. The molecular weight excluding hydrogens is 140 g/mol. The molecule has 0 heterocycles. The molecule has 3 heteroatoms. The number of hydrogen-bond donors (Lipinski definition) is 3. The van der Waals surface area contributed by atoms with Gasteiger partial charge in [0, 0.05) is 6.61 Å². The van der Waals surface area contributed by atoms with Crippen molar-refractivity contribution in [2.45, 2.75) is 25.7 Å². The first-order chi connectivity index (χ1) is 5.41. The molecule has 0 aromatic heterocycles. The molecule has 11 heavy (non-hydrogen) atoms. The van der Waals surface area contributed by atoms with Crippen molar-refractivity contribution < 1.29 is 5.11 Å². The first-order valence-electron chi connectivity index (χ1n) is 4.43. The summed E-state index contributed by atoms with van der Waals surface area (Å²) in [5.41, 5.74) is 5.34. The van der Waals surface area contributed by atoms with Gasteiger partial charge in [0.1, 0.15) is 0 Å². The molecule has 0 fully saturated rings. The van der Waals surface area contributed by atoms with Gasteiger partial charge in [-0.15, -0.1) is 0 Å². The van der Waals surface area contributed by atoms with E-state index in [4.69, 9.17) is 10.8 Å². The maximum Gasteiger partial charge on any atom is 0.0443 e. The molecule has 0 aliphatic rings. The quantitative estimate of drug-likeness (QED) is 0.441. The Morgan fingerprint density at radius 2 is 1.73 bits per heavy atom. The maximum atomic E-state index is 8.45. The van der Waals surface area contributed by atoms with E-state index in [0.717, 1.165) is 32.5 Å². The molecule has 4 N–H and O–H groups in total. The summed E-state index contributed by atoms with van der Waals surface area (Å²) in [6.07, 6.45) is 4.39. The van der Waals surface area contributed by atoms with Crippen LogP contribution in [0.5, 0.6) is 0 Å². The van der Waals surface area contributed by atoms with Crippen molar-refractivity contribution in [2.75, 3.05) is 26.2 Å². The summed E-state index contributed by atoms with van der Waals surface area (Å²) < 4.78 is 0. The Labute approximate surface area is 69.0 Å². The van der Waals surface area contributed by atoms with Crippen molar-refractivity contribution in [1.82, 2.24) is 5.32 Å². The Morgan fingerprint density at radius 3 is 2.36 bits per heavy atom. The predicted molar refractivity (Wildman–Crippen MR) is 47.5 cm³/mol. The Balaban J connectivity index is 2.69. The molecule has 0 aliphatic heterocycles. The van der Waals surface area contributed by atoms with Gasteiger partial charge in [-0.3, -0.25) is 0 Å². The Kier molecular flexibility index (Phi) is 9.77. The monoisotopic (exact) mass is 160 g/mol. The second kappa shape index (κ2) is 9.88. The summed E-state index contributed by atoms with van der Waals surface area (Å²) in [5, 5.41) is 11.7. The summed E-state index contributed by atoms with van der Waals surface area (Å²) in [6, 6.07) is 0. The minimum Gasteiger partial charge on any atom is -0.396 e. The minimum atomic E-state index is 0.288. The molecule has 0 unspecified atom stereocenters. The van der Waals surface area contributed by atoms with Crippen LogP contribution in [0, 0.1) is 0 Å². The maximum absolute atomic E-state index is 8.45. The molecule has 0 saturated carbocycles. The molecule has 0 bridgehead atoms. The van der Waals surface area contributed by atoms with E-state index in [-0.39, 0.29) is 6.61 Å². The van der Waals surface area contributed by atoms with Crippen LogP contribution in [-0.2, 0) is 0 Å². The summed E-state index contributed by atoms with van der Waals surface area (Å²) in [6.45, 7) is 3.07. The average molecular weight is 160 g/mol. The van der Waals surface area contributed by atoms with E-state index < -0.39 is 0 Å². The lowest BCUT2D eigenvalue weighted by Gasteiger charge is -2.01. The number of aliphatic hydroxyl groups is 1. The van der Waals surface area contributed by atoms with Crippen LogP contribution in [0.1, 0.15) is 25.7 Å². The molecule has 0 atom stereocenters. The highest BCUT2D eigenvalue weighted by Gasteiger charge is 1.87. The second-order valence-corrected chi connectivity index (χ2v) is 2.68. The molecule has 68 valence electrons. The zero-order valence-corrected chi connectivity index (χ0v) is 7.18. The number of aliphatic hydroxyl groups excluding tert-OH is 1. The van der Waals surface area contributed by atoms with Crippen LogP contribution < -0.4 is 11.1 Å². The van der Waals surface area contributed by atoms with E-state index in [1.807, 2.05) is 0 Å². The van der Waals surface area contributed by atoms with Gasteiger partial charge in [0.25, 0.3) is 0 Å². The predicted octanol–water partition coefficient (Wildman–Crippen LogP) is 0.0874. The first kappa shape index (κ1) is 10.9. The number of unbranched alkanes of at least 4 members (excludes halogenated alkanes) is 2. The lowest BCUT2D eigenvalue weighted by molar-refractivity contribution is 0.286. The van der Waals surface area contributed by atoms with Gasteiger partial charge < -0.3 is 16.2 Å². The zero-order chi connectivity index (χ0) is 8.36. The fourth-order valence-electron chi connectivity index (χ4n) is 0.900.